The van der Waals surface area contributed by atoms with Gasteiger partial charge in [0.2, 0.25) is 5.91 Å². The monoisotopic (exact) mass is 208 g/mol. The number of hydrogen-bond acceptors (Lipinski definition) is 3. The van der Waals surface area contributed by atoms with Crippen molar-refractivity contribution in [1.82, 2.24) is 5.32 Å². The second kappa shape index (κ2) is 9.24. The highest BCUT2D eigenvalue weighted by Gasteiger charge is 1.92. The summed E-state index contributed by atoms with van der Waals surface area (Å²) >= 11 is 0. The lowest BCUT2D eigenvalue weighted by Crippen LogP contribution is -2.22. The van der Waals surface area contributed by atoms with Gasteiger partial charge in [0.1, 0.15) is 0 Å². The van der Waals surface area contributed by atoms with Gasteiger partial charge in [-0.25, -0.2) is 0 Å². The minimum atomic E-state index is 0. The maximum absolute atomic E-state index is 10.5. The van der Waals surface area contributed by atoms with Crippen LogP contribution in [0.4, 0.5) is 0 Å². The molecular weight excluding hydrogens is 193 g/mol. The fraction of sp³-hybridized carbons (Fsp3) is 0.300. The van der Waals surface area contributed by atoms with E-state index >= 15 is 0 Å². The Labute approximate surface area is 90.3 Å². The molecule has 1 radical (unpaired) electrons. The van der Waals surface area contributed by atoms with Crippen molar-refractivity contribution in [2.24, 2.45) is 0 Å². The van der Waals surface area contributed by atoms with E-state index in [2.05, 4.69) is 17.4 Å². The number of nitrogens with one attached hydrogen (secondary N) is 1. The van der Waals surface area contributed by atoms with E-state index in [4.69, 9.17) is 10.0 Å². The fourth-order valence-electron chi connectivity index (χ4n) is 1.03. The lowest BCUT2D eigenvalue weighted by molar-refractivity contribution is -0.118. The molecule has 1 aromatic rings. The second-order valence-electron chi connectivity index (χ2n) is 2.83. The topological polar surface area (TPSA) is 69.6 Å². The Balaban J connectivity index is 0.000000583. The molecule has 0 spiro atoms. The van der Waals surface area contributed by atoms with E-state index < -0.39 is 0 Å². The predicted octanol–water partition coefficient (Wildman–Crippen LogP) is -0.130. The average molecular weight is 208 g/mol. The summed E-state index contributed by atoms with van der Waals surface area (Å²) in [7, 11) is 0. The van der Waals surface area contributed by atoms with Crippen molar-refractivity contribution < 1.29 is 14.8 Å². The third-order valence-corrected chi connectivity index (χ3v) is 1.63. The Bertz CT molecular complexity index is 267. The van der Waals surface area contributed by atoms with Crippen LogP contribution in [-0.2, 0) is 11.2 Å². The summed E-state index contributed by atoms with van der Waals surface area (Å²) in [4.78, 5) is 10.5. The normalized spacial score (nSPS) is 8.47. The van der Waals surface area contributed by atoms with Crippen LogP contribution in [0.25, 0.3) is 0 Å². The van der Waals surface area contributed by atoms with Gasteiger partial charge in [0, 0.05) is 13.5 Å². The van der Waals surface area contributed by atoms with Gasteiger partial charge < -0.3 is 15.4 Å². The number of carbonyl (C=O) groups is 1. The van der Waals surface area contributed by atoms with Crippen molar-refractivity contribution in [3.8, 4) is 0 Å². The van der Waals surface area contributed by atoms with Crippen molar-refractivity contribution >= 4 is 13.6 Å². The highest BCUT2D eigenvalue weighted by Crippen LogP contribution is 1.97. The summed E-state index contributed by atoms with van der Waals surface area (Å²) in [5, 5.41) is 16.8. The van der Waals surface area contributed by atoms with E-state index in [1.54, 1.807) is 0 Å². The SMILES string of the molecule is CC(=O)NCCc1ccccc1.O[B]O. The Kier molecular flexibility index (Phi) is 8.42. The molecule has 0 aliphatic heterocycles. The lowest BCUT2D eigenvalue weighted by Gasteiger charge is -2.01. The van der Waals surface area contributed by atoms with Crippen LogP contribution in [0.2, 0.25) is 0 Å². The first kappa shape index (κ1) is 13.7. The van der Waals surface area contributed by atoms with Crippen LogP contribution in [0.15, 0.2) is 30.3 Å². The standard InChI is InChI=1S/C10H13NO.BH2O2/c1-9(12)11-8-7-10-5-3-2-4-6-10;2-1-3/h2-6H,7-8H2,1H3,(H,11,12);2-3H. The van der Waals surface area contributed by atoms with Crippen LogP contribution in [0.3, 0.4) is 0 Å². The van der Waals surface area contributed by atoms with Crippen LogP contribution >= 0.6 is 0 Å². The highest BCUT2D eigenvalue weighted by molar-refractivity contribution is 6.13. The molecule has 0 aliphatic carbocycles. The molecule has 0 fully saturated rings. The molecule has 0 saturated carbocycles. The fourth-order valence-corrected chi connectivity index (χ4v) is 1.03. The molecule has 0 aliphatic rings. The van der Waals surface area contributed by atoms with E-state index in [1.165, 1.54) is 12.5 Å². The smallest absolute Gasteiger partial charge is 0.429 e. The van der Waals surface area contributed by atoms with Crippen LogP contribution in [0, 0.1) is 0 Å². The first-order valence-corrected chi connectivity index (χ1v) is 4.59. The molecule has 1 rings (SSSR count). The van der Waals surface area contributed by atoms with Crippen LogP contribution < -0.4 is 5.32 Å². The van der Waals surface area contributed by atoms with E-state index in [-0.39, 0.29) is 13.6 Å². The molecule has 15 heavy (non-hydrogen) atoms. The Morgan fingerprint density at radius 3 is 2.33 bits per heavy atom. The van der Waals surface area contributed by atoms with Crippen molar-refractivity contribution in [3.63, 3.8) is 0 Å². The Morgan fingerprint density at radius 1 is 1.33 bits per heavy atom. The Morgan fingerprint density at radius 2 is 1.87 bits per heavy atom. The predicted molar refractivity (Wildman–Crippen MR) is 59.0 cm³/mol. The zero-order valence-electron chi connectivity index (χ0n) is 8.68. The number of hydrogen-bond donors (Lipinski definition) is 3. The largest absolute Gasteiger partial charge is 0.482 e. The molecule has 0 aromatic heterocycles. The van der Waals surface area contributed by atoms with Gasteiger partial charge in [-0.1, -0.05) is 30.3 Å². The van der Waals surface area contributed by atoms with E-state index in [0.717, 1.165) is 13.0 Å². The van der Waals surface area contributed by atoms with Gasteiger partial charge >= 0.3 is 7.69 Å². The third kappa shape index (κ3) is 8.99. The summed E-state index contributed by atoms with van der Waals surface area (Å²) in [6, 6.07) is 10.1. The molecule has 1 amide bonds. The molecule has 0 heterocycles. The van der Waals surface area contributed by atoms with Gasteiger partial charge in [0.15, 0.2) is 0 Å². The van der Waals surface area contributed by atoms with Crippen LogP contribution in [-0.4, -0.2) is 30.2 Å². The summed E-state index contributed by atoms with van der Waals surface area (Å²) < 4.78 is 0. The van der Waals surface area contributed by atoms with E-state index in [0.29, 0.717) is 0 Å². The zero-order chi connectivity index (χ0) is 11.5. The first-order chi connectivity index (χ1) is 7.20. The Hall–Kier alpha value is -1.33. The van der Waals surface area contributed by atoms with Gasteiger partial charge in [0.05, 0.1) is 0 Å². The van der Waals surface area contributed by atoms with Gasteiger partial charge in [-0.15, -0.1) is 0 Å². The minimum absolute atomic E-state index is 0. The van der Waals surface area contributed by atoms with Crippen LogP contribution in [0.1, 0.15) is 12.5 Å². The van der Waals surface area contributed by atoms with Gasteiger partial charge in [0.25, 0.3) is 0 Å². The molecule has 1 aromatic carbocycles. The van der Waals surface area contributed by atoms with E-state index in [1.807, 2.05) is 18.2 Å². The van der Waals surface area contributed by atoms with Crippen LogP contribution in [0.5, 0.6) is 0 Å². The van der Waals surface area contributed by atoms with Crippen molar-refractivity contribution in [1.29, 1.82) is 0 Å². The number of amides is 1. The molecule has 0 atom stereocenters. The number of benzene rings is 1. The lowest BCUT2D eigenvalue weighted by atomic mass is 10.1. The third-order valence-electron chi connectivity index (χ3n) is 1.63. The highest BCUT2D eigenvalue weighted by atomic mass is 16.4. The second-order valence-corrected chi connectivity index (χ2v) is 2.83. The summed E-state index contributed by atoms with van der Waals surface area (Å²) in [5.74, 6) is 0.0333. The molecule has 0 saturated heterocycles. The maximum atomic E-state index is 10.5. The van der Waals surface area contributed by atoms with Gasteiger partial charge in [-0.2, -0.15) is 0 Å². The van der Waals surface area contributed by atoms with Crippen molar-refractivity contribution in [2.75, 3.05) is 6.54 Å². The quantitative estimate of drug-likeness (QED) is 0.606. The first-order valence-electron chi connectivity index (χ1n) is 4.59. The average Bonchev–Trinajstić information content (AvgIpc) is 2.20. The summed E-state index contributed by atoms with van der Waals surface area (Å²) in [6.07, 6.45) is 0.903. The van der Waals surface area contributed by atoms with E-state index in [9.17, 15) is 4.79 Å². The number of carbonyl (C=O) groups excluding carboxylic acids is 1. The molecule has 3 N–H and O–H groups in total. The molecule has 4 nitrogen and oxygen atoms in total. The molecule has 0 bridgehead atoms. The van der Waals surface area contributed by atoms with Crippen molar-refractivity contribution in [3.05, 3.63) is 35.9 Å². The number of rotatable bonds is 3. The molecular formula is C10H15BNO3. The summed E-state index contributed by atoms with van der Waals surface area (Å²) in [5.41, 5.74) is 1.26. The molecule has 81 valence electrons. The summed E-state index contributed by atoms with van der Waals surface area (Å²) in [6.45, 7) is 2.25. The molecule has 5 heteroatoms. The minimum Gasteiger partial charge on any atom is -0.429 e. The molecule has 0 unspecified atom stereocenters. The maximum Gasteiger partial charge on any atom is 0.482 e. The zero-order valence-corrected chi connectivity index (χ0v) is 8.68. The van der Waals surface area contributed by atoms with Gasteiger partial charge in [-0.3, -0.25) is 4.79 Å². The van der Waals surface area contributed by atoms with Gasteiger partial charge in [-0.05, 0) is 12.0 Å². The van der Waals surface area contributed by atoms with Crippen molar-refractivity contribution in [2.45, 2.75) is 13.3 Å².